The Morgan fingerprint density at radius 1 is 0.839 bits per heavy atom. The Morgan fingerprint density at radius 3 is 2.03 bits per heavy atom. The van der Waals surface area contributed by atoms with Crippen molar-refractivity contribution in [2.75, 3.05) is 32.8 Å². The van der Waals surface area contributed by atoms with E-state index in [1.807, 2.05) is 23.1 Å². The number of ether oxygens (including phenoxy) is 1. The molecule has 1 saturated heterocycles. The first-order chi connectivity index (χ1) is 15.2. The summed E-state index contributed by atoms with van der Waals surface area (Å²) in [5.41, 5.74) is 3.78. The average Bonchev–Trinajstić information content (AvgIpc) is 2.84. The van der Waals surface area contributed by atoms with E-state index < -0.39 is 0 Å². The van der Waals surface area contributed by atoms with Crippen LogP contribution in [0.15, 0.2) is 84.9 Å². The summed E-state index contributed by atoms with van der Waals surface area (Å²) in [6.45, 7) is 5.31. The molecule has 0 bridgehead atoms. The summed E-state index contributed by atoms with van der Waals surface area (Å²) < 4.78 is 5.77. The van der Waals surface area contributed by atoms with Gasteiger partial charge in [-0.05, 0) is 35.2 Å². The molecule has 4 heteroatoms. The highest BCUT2D eigenvalue weighted by Crippen LogP contribution is 2.29. The molecule has 1 heterocycles. The van der Waals surface area contributed by atoms with Crippen molar-refractivity contribution >= 4 is 5.91 Å². The van der Waals surface area contributed by atoms with Crippen LogP contribution in [0.4, 0.5) is 0 Å². The molecule has 1 aliphatic heterocycles. The highest BCUT2D eigenvalue weighted by molar-refractivity contribution is 5.77. The van der Waals surface area contributed by atoms with Crippen LogP contribution >= 0.6 is 0 Å². The predicted octanol–water partition coefficient (Wildman–Crippen LogP) is 4.56. The first-order valence-corrected chi connectivity index (χ1v) is 11.1. The number of nitrogens with zero attached hydrogens (tertiary/aromatic N) is 2. The standard InChI is InChI=1S/C27H30N2O2/c1-2-22-10-9-15-25(20-22)31-21-26(30)28-16-18-29(19-17-28)27(23-11-5-3-6-12-23)24-13-7-4-8-14-24/h3-15,20,27H,2,16-19,21H2,1H3. The van der Waals surface area contributed by atoms with E-state index in [0.29, 0.717) is 13.1 Å². The summed E-state index contributed by atoms with van der Waals surface area (Å²) in [5, 5.41) is 0. The van der Waals surface area contributed by atoms with E-state index in [1.165, 1.54) is 16.7 Å². The number of carbonyl (C=O) groups is 1. The molecule has 0 unspecified atom stereocenters. The zero-order chi connectivity index (χ0) is 21.5. The van der Waals surface area contributed by atoms with Gasteiger partial charge in [-0.15, -0.1) is 0 Å². The van der Waals surface area contributed by atoms with Crippen LogP contribution in [0.1, 0.15) is 29.7 Å². The second-order valence-electron chi connectivity index (χ2n) is 7.93. The van der Waals surface area contributed by atoms with E-state index >= 15 is 0 Å². The van der Waals surface area contributed by atoms with E-state index in [4.69, 9.17) is 4.74 Å². The van der Waals surface area contributed by atoms with E-state index in [0.717, 1.165) is 25.3 Å². The molecule has 3 aromatic rings. The SMILES string of the molecule is CCc1cccc(OCC(=O)N2CCN(C(c3ccccc3)c3ccccc3)CC2)c1. The van der Waals surface area contributed by atoms with E-state index in [9.17, 15) is 4.79 Å². The number of hydrogen-bond acceptors (Lipinski definition) is 3. The van der Waals surface area contributed by atoms with E-state index in [2.05, 4.69) is 78.6 Å². The molecule has 31 heavy (non-hydrogen) atoms. The van der Waals surface area contributed by atoms with Crippen molar-refractivity contribution in [2.45, 2.75) is 19.4 Å². The maximum Gasteiger partial charge on any atom is 0.260 e. The lowest BCUT2D eigenvalue weighted by Gasteiger charge is -2.39. The Labute approximate surface area is 185 Å². The summed E-state index contributed by atoms with van der Waals surface area (Å²) >= 11 is 0. The number of benzene rings is 3. The molecule has 1 aliphatic rings. The van der Waals surface area contributed by atoms with Crippen LogP contribution in [0.25, 0.3) is 0 Å². The Balaban J connectivity index is 1.38. The Hall–Kier alpha value is -3.11. The van der Waals surface area contributed by atoms with Crippen LogP contribution in [0.3, 0.4) is 0 Å². The monoisotopic (exact) mass is 414 g/mol. The minimum Gasteiger partial charge on any atom is -0.484 e. The summed E-state index contributed by atoms with van der Waals surface area (Å²) in [6, 6.07) is 29.4. The number of hydrogen-bond donors (Lipinski definition) is 0. The lowest BCUT2D eigenvalue weighted by molar-refractivity contribution is -0.135. The number of piperazine rings is 1. The van der Waals surface area contributed by atoms with Crippen molar-refractivity contribution in [1.29, 1.82) is 0 Å². The first-order valence-electron chi connectivity index (χ1n) is 11.1. The fourth-order valence-corrected chi connectivity index (χ4v) is 4.21. The van der Waals surface area contributed by atoms with Gasteiger partial charge in [-0.25, -0.2) is 0 Å². The molecule has 4 nitrogen and oxygen atoms in total. The lowest BCUT2D eigenvalue weighted by Crippen LogP contribution is -2.51. The molecule has 3 aromatic carbocycles. The van der Waals surface area contributed by atoms with Gasteiger partial charge in [-0.2, -0.15) is 0 Å². The van der Waals surface area contributed by atoms with Crippen molar-refractivity contribution < 1.29 is 9.53 Å². The molecule has 0 radical (unpaired) electrons. The molecule has 160 valence electrons. The van der Waals surface area contributed by atoms with Gasteiger partial charge in [0.15, 0.2) is 6.61 Å². The minimum absolute atomic E-state index is 0.0533. The normalized spacial score (nSPS) is 14.6. The molecule has 0 aliphatic carbocycles. The molecular formula is C27H30N2O2. The van der Waals surface area contributed by atoms with E-state index in [1.54, 1.807) is 0 Å². The molecule has 1 fully saturated rings. The van der Waals surface area contributed by atoms with Crippen LogP contribution in [-0.2, 0) is 11.2 Å². The fraction of sp³-hybridized carbons (Fsp3) is 0.296. The Bertz CT molecular complexity index is 927. The molecule has 0 aromatic heterocycles. The third-order valence-corrected chi connectivity index (χ3v) is 5.93. The molecule has 4 rings (SSSR count). The van der Waals surface area contributed by atoms with Crippen molar-refractivity contribution in [3.63, 3.8) is 0 Å². The van der Waals surface area contributed by atoms with Crippen molar-refractivity contribution in [2.24, 2.45) is 0 Å². The van der Waals surface area contributed by atoms with E-state index in [-0.39, 0.29) is 18.6 Å². The van der Waals surface area contributed by atoms with Crippen molar-refractivity contribution in [1.82, 2.24) is 9.80 Å². The topological polar surface area (TPSA) is 32.8 Å². The van der Waals surface area contributed by atoms with Crippen LogP contribution in [0.5, 0.6) is 5.75 Å². The van der Waals surface area contributed by atoms with Gasteiger partial charge in [0, 0.05) is 26.2 Å². The van der Waals surface area contributed by atoms with Gasteiger partial charge in [0.1, 0.15) is 5.75 Å². The minimum atomic E-state index is 0.0533. The third kappa shape index (κ3) is 5.33. The van der Waals surface area contributed by atoms with Crippen LogP contribution < -0.4 is 4.74 Å². The Morgan fingerprint density at radius 2 is 1.45 bits per heavy atom. The third-order valence-electron chi connectivity index (χ3n) is 5.93. The van der Waals surface area contributed by atoms with Gasteiger partial charge < -0.3 is 9.64 Å². The summed E-state index contributed by atoms with van der Waals surface area (Å²) in [4.78, 5) is 17.1. The first kappa shape index (κ1) is 21.1. The second kappa shape index (κ2) is 10.3. The second-order valence-corrected chi connectivity index (χ2v) is 7.93. The lowest BCUT2D eigenvalue weighted by atomic mass is 9.96. The van der Waals surface area contributed by atoms with Crippen molar-refractivity contribution in [3.05, 3.63) is 102 Å². The maximum absolute atomic E-state index is 12.7. The zero-order valence-corrected chi connectivity index (χ0v) is 18.1. The summed E-state index contributed by atoms with van der Waals surface area (Å²) in [7, 11) is 0. The molecule has 1 amide bonds. The molecule has 0 atom stereocenters. The van der Waals surface area contributed by atoms with Crippen LogP contribution in [0.2, 0.25) is 0 Å². The molecular weight excluding hydrogens is 384 g/mol. The highest BCUT2D eigenvalue weighted by Gasteiger charge is 2.28. The van der Waals surface area contributed by atoms with Crippen LogP contribution in [-0.4, -0.2) is 48.5 Å². The number of aryl methyl sites for hydroxylation is 1. The Kier molecular flexibility index (Phi) is 7.00. The number of carbonyl (C=O) groups excluding carboxylic acids is 1. The predicted molar refractivity (Wildman–Crippen MR) is 124 cm³/mol. The highest BCUT2D eigenvalue weighted by atomic mass is 16.5. The molecule has 0 saturated carbocycles. The van der Waals surface area contributed by atoms with Gasteiger partial charge in [0.2, 0.25) is 0 Å². The smallest absolute Gasteiger partial charge is 0.260 e. The van der Waals surface area contributed by atoms with Gasteiger partial charge in [0.25, 0.3) is 5.91 Å². The largest absolute Gasteiger partial charge is 0.484 e. The summed E-state index contributed by atoms with van der Waals surface area (Å²) in [5.74, 6) is 0.817. The zero-order valence-electron chi connectivity index (χ0n) is 18.1. The van der Waals surface area contributed by atoms with Gasteiger partial charge in [0.05, 0.1) is 6.04 Å². The fourth-order valence-electron chi connectivity index (χ4n) is 4.21. The average molecular weight is 415 g/mol. The maximum atomic E-state index is 12.7. The van der Waals surface area contributed by atoms with Gasteiger partial charge in [-0.3, -0.25) is 9.69 Å². The van der Waals surface area contributed by atoms with Gasteiger partial charge in [-0.1, -0.05) is 79.7 Å². The quantitative estimate of drug-likeness (QED) is 0.568. The number of rotatable bonds is 7. The molecule has 0 N–H and O–H groups in total. The van der Waals surface area contributed by atoms with Crippen LogP contribution in [0, 0.1) is 0 Å². The van der Waals surface area contributed by atoms with Crippen molar-refractivity contribution in [3.8, 4) is 5.75 Å². The summed E-state index contributed by atoms with van der Waals surface area (Å²) in [6.07, 6.45) is 0.955. The van der Waals surface area contributed by atoms with Gasteiger partial charge >= 0.3 is 0 Å². The molecule has 0 spiro atoms. The number of amides is 1.